The molecule has 19 heavy (non-hydrogen) atoms. The molecule has 0 atom stereocenters. The molecule has 0 fully saturated rings. The highest BCUT2D eigenvalue weighted by atomic mass is 32.1. The van der Waals surface area contributed by atoms with Gasteiger partial charge >= 0.3 is 7.48 Å². The third kappa shape index (κ3) is 2.86. The summed E-state index contributed by atoms with van der Waals surface area (Å²) in [4.78, 5) is 0. The van der Waals surface area contributed by atoms with Crippen molar-refractivity contribution in [2.24, 2.45) is 0 Å². The minimum Gasteiger partial charge on any atom is -0.426 e. The van der Waals surface area contributed by atoms with Crippen LogP contribution in [0.1, 0.15) is 33.3 Å². The van der Waals surface area contributed by atoms with E-state index in [9.17, 15) is 5.11 Å². The Morgan fingerprint density at radius 1 is 1.16 bits per heavy atom. The van der Waals surface area contributed by atoms with E-state index >= 15 is 0 Å². The van der Waals surface area contributed by atoms with E-state index < -0.39 is 11.2 Å². The molecule has 0 radical (unpaired) electrons. The van der Waals surface area contributed by atoms with Gasteiger partial charge in [-0.2, -0.15) is 0 Å². The molecule has 0 amide bonds. The summed E-state index contributed by atoms with van der Waals surface area (Å²) in [6.07, 6.45) is 0. The molecule has 2 nitrogen and oxygen atoms in total. The molecule has 1 aromatic heterocycles. The first-order valence-electron chi connectivity index (χ1n) is 6.56. The van der Waals surface area contributed by atoms with Crippen LogP contribution in [0, 0.1) is 6.92 Å². The zero-order chi connectivity index (χ0) is 14.3. The quantitative estimate of drug-likeness (QED) is 0.870. The topological polar surface area (TPSA) is 29.5 Å². The van der Waals surface area contributed by atoms with Gasteiger partial charge in [0.15, 0.2) is 0 Å². The molecule has 1 heterocycles. The van der Waals surface area contributed by atoms with E-state index in [1.165, 1.54) is 20.4 Å². The molecule has 0 aliphatic heterocycles. The van der Waals surface area contributed by atoms with Crippen molar-refractivity contribution in [3.8, 4) is 0 Å². The Hall–Kier alpha value is -0.835. The molecule has 0 saturated heterocycles. The number of hydrogen-bond acceptors (Lipinski definition) is 3. The van der Waals surface area contributed by atoms with Crippen LogP contribution in [0.5, 0.6) is 0 Å². The summed E-state index contributed by atoms with van der Waals surface area (Å²) in [7, 11) is 0.544. The average Bonchev–Trinajstić information content (AvgIpc) is 2.63. The minimum atomic E-state index is -0.864. The van der Waals surface area contributed by atoms with Crippen LogP contribution in [0.2, 0.25) is 0 Å². The minimum absolute atomic E-state index is 0.544. The second-order valence-electron chi connectivity index (χ2n) is 6.00. The van der Waals surface area contributed by atoms with Crippen LogP contribution < -0.4 is 4.78 Å². The van der Waals surface area contributed by atoms with Gasteiger partial charge in [0.25, 0.3) is 0 Å². The molecule has 1 aromatic carbocycles. The van der Waals surface area contributed by atoms with Crippen molar-refractivity contribution in [3.63, 3.8) is 0 Å². The van der Waals surface area contributed by atoms with Gasteiger partial charge in [0, 0.05) is 9.48 Å². The van der Waals surface area contributed by atoms with Crippen LogP contribution in [0.15, 0.2) is 24.3 Å². The Morgan fingerprint density at radius 3 is 2.37 bits per heavy atom. The Bertz CT molecular complexity index is 581. The average molecular weight is 276 g/mol. The smallest absolute Gasteiger partial charge is 0.319 e. The highest BCUT2D eigenvalue weighted by Gasteiger charge is 2.35. The fourth-order valence-electron chi connectivity index (χ4n) is 1.79. The molecule has 4 heteroatoms. The number of fused-ring (bicyclic) bond motifs is 1. The summed E-state index contributed by atoms with van der Waals surface area (Å²) in [6, 6.07) is 8.40. The van der Waals surface area contributed by atoms with Gasteiger partial charge < -0.3 is 9.76 Å². The second kappa shape index (κ2) is 4.93. The third-order valence-corrected chi connectivity index (χ3v) is 5.23. The van der Waals surface area contributed by atoms with E-state index in [4.69, 9.17) is 4.65 Å². The molecule has 0 saturated carbocycles. The van der Waals surface area contributed by atoms with Crippen LogP contribution in [0.4, 0.5) is 0 Å². The van der Waals surface area contributed by atoms with Gasteiger partial charge in [-0.05, 0) is 51.6 Å². The maximum Gasteiger partial charge on any atom is 0.319 e. The number of hydrogen-bond donors (Lipinski definition) is 1. The highest BCUT2D eigenvalue weighted by molar-refractivity contribution is 7.27. The molecule has 1 N–H and O–H groups in total. The summed E-state index contributed by atoms with van der Waals surface area (Å²) in [5.41, 5.74) is -0.153. The van der Waals surface area contributed by atoms with Gasteiger partial charge in [0.2, 0.25) is 0 Å². The van der Waals surface area contributed by atoms with Crippen LogP contribution in [0.3, 0.4) is 0 Å². The molecule has 0 spiro atoms. The molecule has 2 aromatic rings. The van der Waals surface area contributed by atoms with Gasteiger partial charge in [-0.3, -0.25) is 0 Å². The zero-order valence-electron chi connectivity index (χ0n) is 12.3. The van der Waals surface area contributed by atoms with Gasteiger partial charge in [0.05, 0.1) is 11.2 Å². The van der Waals surface area contributed by atoms with E-state index in [0.29, 0.717) is 7.48 Å². The number of rotatable bonds is 4. The molecular weight excluding hydrogens is 255 g/mol. The first kappa shape index (κ1) is 14.6. The fraction of sp³-hybridized carbons (Fsp3) is 0.467. The van der Waals surface area contributed by atoms with Crippen molar-refractivity contribution < 1.29 is 9.76 Å². The van der Waals surface area contributed by atoms with Crippen molar-refractivity contribution in [1.29, 1.82) is 0 Å². The zero-order valence-corrected chi connectivity index (χ0v) is 13.1. The first-order valence-corrected chi connectivity index (χ1v) is 7.37. The van der Waals surface area contributed by atoms with Crippen molar-refractivity contribution in [2.45, 2.75) is 45.8 Å². The van der Waals surface area contributed by atoms with Crippen LogP contribution in [-0.4, -0.2) is 23.8 Å². The number of thiophene rings is 1. The molecule has 0 unspecified atom stereocenters. The maximum atomic E-state index is 10.1. The molecule has 2 rings (SSSR count). The first-order chi connectivity index (χ1) is 8.72. The molecule has 0 aliphatic carbocycles. The van der Waals surface area contributed by atoms with Crippen LogP contribution >= 0.6 is 11.3 Å². The molecule has 102 valence electrons. The Balaban J connectivity index is 2.21. The lowest BCUT2D eigenvalue weighted by Crippen LogP contribution is -2.49. The van der Waals surface area contributed by atoms with E-state index in [2.05, 4.69) is 31.2 Å². The summed E-state index contributed by atoms with van der Waals surface area (Å²) in [5, 5.41) is 11.4. The standard InChI is InChI=1S/C15H21BO2S/c1-10-11-8-6-7-9-12(11)19-13(10)16-18-15(4,5)14(2,3)17/h6-9,16-17H,1-5H3. The third-order valence-electron chi connectivity index (χ3n) is 3.98. The van der Waals surface area contributed by atoms with Gasteiger partial charge in [-0.15, -0.1) is 11.3 Å². The van der Waals surface area contributed by atoms with Gasteiger partial charge in [0.1, 0.15) is 0 Å². The summed E-state index contributed by atoms with van der Waals surface area (Å²) in [5.74, 6) is 0. The van der Waals surface area contributed by atoms with Gasteiger partial charge in [-0.1, -0.05) is 18.2 Å². The Kier molecular flexibility index (Phi) is 3.78. The van der Waals surface area contributed by atoms with Crippen molar-refractivity contribution in [2.75, 3.05) is 0 Å². The monoisotopic (exact) mass is 276 g/mol. The summed E-state index contributed by atoms with van der Waals surface area (Å²) in [6.45, 7) is 9.55. The van der Waals surface area contributed by atoms with Crippen molar-refractivity contribution in [1.82, 2.24) is 0 Å². The Morgan fingerprint density at radius 2 is 1.79 bits per heavy atom. The van der Waals surface area contributed by atoms with Crippen molar-refractivity contribution >= 4 is 33.7 Å². The molecule has 0 bridgehead atoms. The maximum absolute atomic E-state index is 10.1. The van der Waals surface area contributed by atoms with E-state index in [1.807, 2.05) is 13.8 Å². The summed E-state index contributed by atoms with van der Waals surface area (Å²) >= 11 is 1.77. The van der Waals surface area contributed by atoms with Crippen LogP contribution in [0.25, 0.3) is 10.1 Å². The number of benzene rings is 1. The van der Waals surface area contributed by atoms with E-state index in [-0.39, 0.29) is 0 Å². The molecular formula is C15H21BO2S. The predicted octanol–water partition coefficient (Wildman–Crippen LogP) is 2.75. The lowest BCUT2D eigenvalue weighted by Gasteiger charge is -2.37. The van der Waals surface area contributed by atoms with Gasteiger partial charge in [-0.25, -0.2) is 0 Å². The number of aliphatic hydroxyl groups is 1. The summed E-state index contributed by atoms with van der Waals surface area (Å²) < 4.78 is 8.48. The lowest BCUT2D eigenvalue weighted by atomic mass is 9.85. The SMILES string of the molecule is Cc1c(BOC(C)(C)C(C)(C)O)sc2ccccc12. The lowest BCUT2D eigenvalue weighted by molar-refractivity contribution is -0.0892. The van der Waals surface area contributed by atoms with Crippen LogP contribution in [-0.2, 0) is 4.65 Å². The number of aryl methyl sites for hydroxylation is 1. The van der Waals surface area contributed by atoms with E-state index in [1.54, 1.807) is 25.2 Å². The van der Waals surface area contributed by atoms with Crippen molar-refractivity contribution in [3.05, 3.63) is 29.8 Å². The Labute approximate surface area is 119 Å². The largest absolute Gasteiger partial charge is 0.426 e. The highest BCUT2D eigenvalue weighted by Crippen LogP contribution is 2.26. The van der Waals surface area contributed by atoms with E-state index in [0.717, 1.165) is 0 Å². The molecule has 0 aliphatic rings. The second-order valence-corrected chi connectivity index (χ2v) is 7.14. The normalized spacial score (nSPS) is 12.9. The predicted molar refractivity (Wildman–Crippen MR) is 84.8 cm³/mol. The fourth-order valence-corrected chi connectivity index (χ4v) is 2.91.